The zero-order valence-electron chi connectivity index (χ0n) is 9.49. The van der Waals surface area contributed by atoms with Gasteiger partial charge in [0.25, 0.3) is 0 Å². The number of hydrogen-bond donors (Lipinski definition) is 1. The van der Waals surface area contributed by atoms with E-state index in [1.54, 1.807) is 26.0 Å². The molecule has 0 unspecified atom stereocenters. The highest BCUT2D eigenvalue weighted by Gasteiger charge is 2.07. The van der Waals surface area contributed by atoms with Crippen LogP contribution < -0.4 is 5.32 Å². The van der Waals surface area contributed by atoms with Crippen LogP contribution in [-0.4, -0.2) is 11.7 Å². The summed E-state index contributed by atoms with van der Waals surface area (Å²) in [6.45, 7) is 3.45. The molecule has 0 spiro atoms. The second-order valence-electron chi connectivity index (χ2n) is 3.44. The molecule has 0 aliphatic heterocycles. The lowest BCUT2D eigenvalue weighted by Gasteiger charge is -2.01. The third kappa shape index (κ3) is 3.35. The van der Waals surface area contributed by atoms with Gasteiger partial charge in [0.15, 0.2) is 5.78 Å². The number of Topliss-reactive ketones (excluding diaryl/α,β-unsaturated/α-hetero) is 1. The molecular weight excluding hydrogens is 202 g/mol. The Kier molecular flexibility index (Phi) is 4.45. The lowest BCUT2D eigenvalue weighted by atomic mass is 10.1. The average molecular weight is 217 g/mol. The molecule has 1 rings (SSSR count). The summed E-state index contributed by atoms with van der Waals surface area (Å²) in [7, 11) is 0. The second kappa shape index (κ2) is 5.85. The summed E-state index contributed by atoms with van der Waals surface area (Å²) in [6, 6.07) is 8.98. The first-order valence-corrected chi connectivity index (χ1v) is 5.21. The van der Waals surface area contributed by atoms with Crippen LogP contribution in [-0.2, 0) is 4.79 Å². The van der Waals surface area contributed by atoms with Gasteiger partial charge in [0.2, 0.25) is 5.91 Å². The van der Waals surface area contributed by atoms with Crippen molar-refractivity contribution in [3.63, 3.8) is 0 Å². The van der Waals surface area contributed by atoms with Gasteiger partial charge < -0.3 is 5.32 Å². The van der Waals surface area contributed by atoms with Crippen LogP contribution in [0.15, 0.2) is 42.1 Å². The molecule has 1 amide bonds. The molecule has 16 heavy (non-hydrogen) atoms. The third-order valence-corrected chi connectivity index (χ3v) is 2.16. The number of hydrogen-bond acceptors (Lipinski definition) is 2. The minimum absolute atomic E-state index is 0.0722. The predicted molar refractivity (Wildman–Crippen MR) is 63.0 cm³/mol. The van der Waals surface area contributed by atoms with Crippen LogP contribution in [0.4, 0.5) is 0 Å². The maximum absolute atomic E-state index is 11.8. The van der Waals surface area contributed by atoms with E-state index in [-0.39, 0.29) is 11.7 Å². The van der Waals surface area contributed by atoms with Crippen molar-refractivity contribution in [3.8, 4) is 0 Å². The molecule has 0 bridgehead atoms. The SMILES string of the molecule is CCC(=O)N/C=C(/C)C(=O)c1ccccc1. The van der Waals surface area contributed by atoms with E-state index < -0.39 is 0 Å². The van der Waals surface area contributed by atoms with Gasteiger partial charge in [-0.1, -0.05) is 37.3 Å². The molecule has 0 fully saturated rings. The molecule has 3 nitrogen and oxygen atoms in total. The first-order valence-electron chi connectivity index (χ1n) is 5.21. The molecule has 3 heteroatoms. The Morgan fingerprint density at radius 1 is 1.25 bits per heavy atom. The largest absolute Gasteiger partial charge is 0.332 e. The molecule has 0 atom stereocenters. The Morgan fingerprint density at radius 2 is 1.88 bits per heavy atom. The monoisotopic (exact) mass is 217 g/mol. The molecule has 0 saturated heterocycles. The number of nitrogens with one attached hydrogen (secondary N) is 1. The fourth-order valence-corrected chi connectivity index (χ4v) is 1.17. The molecule has 0 radical (unpaired) electrons. The summed E-state index contributed by atoms with van der Waals surface area (Å²) >= 11 is 0. The van der Waals surface area contributed by atoms with Crippen molar-refractivity contribution in [1.29, 1.82) is 0 Å². The van der Waals surface area contributed by atoms with Crippen LogP contribution in [0.5, 0.6) is 0 Å². The highest BCUT2D eigenvalue weighted by atomic mass is 16.1. The van der Waals surface area contributed by atoms with E-state index in [0.717, 1.165) is 0 Å². The first kappa shape index (κ1) is 12.2. The van der Waals surface area contributed by atoms with Crippen LogP contribution in [0, 0.1) is 0 Å². The van der Waals surface area contributed by atoms with E-state index in [1.807, 2.05) is 18.2 Å². The predicted octanol–water partition coefficient (Wildman–Crippen LogP) is 2.30. The second-order valence-corrected chi connectivity index (χ2v) is 3.44. The average Bonchev–Trinajstić information content (AvgIpc) is 2.35. The molecule has 0 saturated carbocycles. The molecular formula is C13H15NO2. The number of allylic oxidation sites excluding steroid dienone is 1. The Bertz CT molecular complexity index is 407. The third-order valence-electron chi connectivity index (χ3n) is 2.16. The van der Waals surface area contributed by atoms with Crippen LogP contribution in [0.3, 0.4) is 0 Å². The number of carbonyl (C=O) groups is 2. The van der Waals surface area contributed by atoms with Crippen molar-refractivity contribution < 1.29 is 9.59 Å². The minimum atomic E-state index is -0.0970. The van der Waals surface area contributed by atoms with Gasteiger partial charge in [0.05, 0.1) is 0 Å². The van der Waals surface area contributed by atoms with Crippen LogP contribution in [0.1, 0.15) is 30.6 Å². The quantitative estimate of drug-likeness (QED) is 0.621. The van der Waals surface area contributed by atoms with Gasteiger partial charge in [-0.15, -0.1) is 0 Å². The Balaban J connectivity index is 2.71. The molecule has 0 heterocycles. The van der Waals surface area contributed by atoms with Crippen molar-refractivity contribution in [1.82, 2.24) is 5.32 Å². The van der Waals surface area contributed by atoms with Gasteiger partial charge in [0, 0.05) is 23.8 Å². The zero-order valence-corrected chi connectivity index (χ0v) is 9.49. The molecule has 1 N–H and O–H groups in total. The summed E-state index contributed by atoms with van der Waals surface area (Å²) < 4.78 is 0. The smallest absolute Gasteiger partial charge is 0.223 e. The van der Waals surface area contributed by atoms with Crippen molar-refractivity contribution in [2.24, 2.45) is 0 Å². The standard InChI is InChI=1S/C13H15NO2/c1-3-12(15)14-9-10(2)13(16)11-7-5-4-6-8-11/h4-9H,3H2,1-2H3,(H,14,15)/b10-9-. The summed E-state index contributed by atoms with van der Waals surface area (Å²) in [5.41, 5.74) is 1.15. The van der Waals surface area contributed by atoms with Gasteiger partial charge in [-0.3, -0.25) is 9.59 Å². The number of amides is 1. The van der Waals surface area contributed by atoms with Gasteiger partial charge in [-0.2, -0.15) is 0 Å². The van der Waals surface area contributed by atoms with Crippen LogP contribution >= 0.6 is 0 Å². The van der Waals surface area contributed by atoms with Crippen molar-refractivity contribution in [2.75, 3.05) is 0 Å². The van der Waals surface area contributed by atoms with Gasteiger partial charge in [-0.05, 0) is 6.92 Å². The minimum Gasteiger partial charge on any atom is -0.332 e. The normalized spacial score (nSPS) is 11.0. The lowest BCUT2D eigenvalue weighted by molar-refractivity contribution is -0.119. The highest BCUT2D eigenvalue weighted by Crippen LogP contribution is 2.06. The Hall–Kier alpha value is -1.90. The molecule has 1 aromatic rings. The lowest BCUT2D eigenvalue weighted by Crippen LogP contribution is -2.17. The van der Waals surface area contributed by atoms with Crippen molar-refractivity contribution in [2.45, 2.75) is 20.3 Å². The van der Waals surface area contributed by atoms with E-state index >= 15 is 0 Å². The topological polar surface area (TPSA) is 46.2 Å². The van der Waals surface area contributed by atoms with Gasteiger partial charge in [-0.25, -0.2) is 0 Å². The van der Waals surface area contributed by atoms with Gasteiger partial charge >= 0.3 is 0 Å². The molecule has 0 aliphatic rings. The van der Waals surface area contributed by atoms with E-state index in [9.17, 15) is 9.59 Å². The van der Waals surface area contributed by atoms with E-state index in [1.165, 1.54) is 6.20 Å². The zero-order chi connectivity index (χ0) is 12.0. The summed E-state index contributed by atoms with van der Waals surface area (Å²) in [5.74, 6) is -0.169. The molecule has 0 aromatic heterocycles. The van der Waals surface area contributed by atoms with E-state index in [2.05, 4.69) is 5.32 Å². The van der Waals surface area contributed by atoms with Crippen LogP contribution in [0.2, 0.25) is 0 Å². The van der Waals surface area contributed by atoms with Crippen LogP contribution in [0.25, 0.3) is 0 Å². The number of ketones is 1. The number of benzene rings is 1. The molecule has 1 aromatic carbocycles. The summed E-state index contributed by atoms with van der Waals surface area (Å²) in [5, 5.41) is 2.56. The fraction of sp³-hybridized carbons (Fsp3) is 0.231. The fourth-order valence-electron chi connectivity index (χ4n) is 1.17. The number of rotatable bonds is 4. The first-order chi connectivity index (χ1) is 7.65. The Labute approximate surface area is 95.2 Å². The highest BCUT2D eigenvalue weighted by molar-refractivity contribution is 6.08. The summed E-state index contributed by atoms with van der Waals surface area (Å²) in [4.78, 5) is 22.8. The molecule has 84 valence electrons. The van der Waals surface area contributed by atoms with E-state index in [0.29, 0.717) is 17.6 Å². The Morgan fingerprint density at radius 3 is 2.44 bits per heavy atom. The van der Waals surface area contributed by atoms with E-state index in [4.69, 9.17) is 0 Å². The maximum atomic E-state index is 11.8. The number of carbonyl (C=O) groups excluding carboxylic acids is 2. The molecule has 0 aliphatic carbocycles. The van der Waals surface area contributed by atoms with Gasteiger partial charge in [0.1, 0.15) is 0 Å². The van der Waals surface area contributed by atoms with Crippen molar-refractivity contribution in [3.05, 3.63) is 47.7 Å². The maximum Gasteiger partial charge on any atom is 0.223 e. The summed E-state index contributed by atoms with van der Waals surface area (Å²) in [6.07, 6.45) is 1.87. The van der Waals surface area contributed by atoms with Crippen molar-refractivity contribution >= 4 is 11.7 Å².